The third kappa shape index (κ3) is 4.15. The standard InChI is InChI=1S/C17H14ClNO4S/c18-13-3-4-15-11(7-13)6-12(9-22-15)17(21)23-10-16(20)19-8-14-2-1-5-24-14/h1-7H,8-10H2,(H,19,20). The number of hydrogen-bond acceptors (Lipinski definition) is 5. The highest BCUT2D eigenvalue weighted by Crippen LogP contribution is 2.29. The average molecular weight is 364 g/mol. The second-order valence-corrected chi connectivity index (χ2v) is 6.54. The normalized spacial score (nSPS) is 12.6. The Bertz CT molecular complexity index is 786. The van der Waals surface area contributed by atoms with Crippen LogP contribution in [0.4, 0.5) is 0 Å². The van der Waals surface area contributed by atoms with Crippen LogP contribution < -0.4 is 10.1 Å². The number of thiophene rings is 1. The number of carbonyl (C=O) groups excluding carboxylic acids is 2. The highest BCUT2D eigenvalue weighted by atomic mass is 35.5. The van der Waals surface area contributed by atoms with E-state index in [1.807, 2.05) is 17.5 Å². The van der Waals surface area contributed by atoms with Gasteiger partial charge in [-0.25, -0.2) is 4.79 Å². The van der Waals surface area contributed by atoms with Crippen molar-refractivity contribution in [1.29, 1.82) is 0 Å². The van der Waals surface area contributed by atoms with Gasteiger partial charge in [0.15, 0.2) is 6.61 Å². The second-order valence-electron chi connectivity index (χ2n) is 5.07. The second kappa shape index (κ2) is 7.51. The molecule has 1 amide bonds. The monoisotopic (exact) mass is 363 g/mol. The molecule has 0 saturated carbocycles. The summed E-state index contributed by atoms with van der Waals surface area (Å²) in [5.74, 6) is -0.269. The highest BCUT2D eigenvalue weighted by Gasteiger charge is 2.19. The molecule has 1 aliphatic rings. The summed E-state index contributed by atoms with van der Waals surface area (Å²) < 4.78 is 10.5. The van der Waals surface area contributed by atoms with Gasteiger partial charge in [0.25, 0.3) is 5.91 Å². The fraction of sp³-hybridized carbons (Fsp3) is 0.176. The summed E-state index contributed by atoms with van der Waals surface area (Å²) >= 11 is 7.48. The van der Waals surface area contributed by atoms with Crippen LogP contribution in [0.1, 0.15) is 10.4 Å². The lowest BCUT2D eigenvalue weighted by atomic mass is 10.1. The molecule has 5 nitrogen and oxygen atoms in total. The molecule has 0 bridgehead atoms. The van der Waals surface area contributed by atoms with Crippen LogP contribution in [0, 0.1) is 0 Å². The van der Waals surface area contributed by atoms with E-state index >= 15 is 0 Å². The van der Waals surface area contributed by atoms with Gasteiger partial charge in [0, 0.05) is 15.5 Å². The van der Waals surface area contributed by atoms with E-state index in [-0.39, 0.29) is 19.1 Å². The molecule has 0 spiro atoms. The number of esters is 1. The molecule has 124 valence electrons. The van der Waals surface area contributed by atoms with Crippen LogP contribution >= 0.6 is 22.9 Å². The maximum Gasteiger partial charge on any atom is 0.338 e. The molecular formula is C17H14ClNO4S. The summed E-state index contributed by atoms with van der Waals surface area (Å²) in [5, 5.41) is 5.18. The number of nitrogens with one attached hydrogen (secondary N) is 1. The van der Waals surface area contributed by atoms with Crippen molar-refractivity contribution in [3.8, 4) is 5.75 Å². The Kier molecular flexibility index (Phi) is 5.17. The minimum atomic E-state index is -0.577. The van der Waals surface area contributed by atoms with Gasteiger partial charge >= 0.3 is 5.97 Å². The minimum Gasteiger partial charge on any atom is -0.488 e. The summed E-state index contributed by atoms with van der Waals surface area (Å²) in [4.78, 5) is 24.8. The van der Waals surface area contributed by atoms with Gasteiger partial charge in [-0.05, 0) is 35.7 Å². The van der Waals surface area contributed by atoms with E-state index < -0.39 is 5.97 Å². The molecule has 2 heterocycles. The lowest BCUT2D eigenvalue weighted by Gasteiger charge is -2.17. The van der Waals surface area contributed by atoms with Crippen LogP contribution in [-0.4, -0.2) is 25.1 Å². The van der Waals surface area contributed by atoms with Gasteiger partial charge in [-0.1, -0.05) is 17.7 Å². The van der Waals surface area contributed by atoms with Crippen molar-refractivity contribution < 1.29 is 19.1 Å². The first-order valence-corrected chi connectivity index (χ1v) is 8.47. The topological polar surface area (TPSA) is 64.6 Å². The Balaban J connectivity index is 1.52. The van der Waals surface area contributed by atoms with Crippen LogP contribution in [0.15, 0.2) is 41.3 Å². The lowest BCUT2D eigenvalue weighted by molar-refractivity contribution is -0.145. The zero-order valence-electron chi connectivity index (χ0n) is 12.6. The Hall–Kier alpha value is -2.31. The van der Waals surface area contributed by atoms with Crippen molar-refractivity contribution in [2.75, 3.05) is 13.2 Å². The number of hydrogen-bond donors (Lipinski definition) is 1. The SMILES string of the molecule is O=C(COC(=O)C1=Cc2cc(Cl)ccc2OC1)NCc1cccs1. The van der Waals surface area contributed by atoms with Crippen molar-refractivity contribution in [2.24, 2.45) is 0 Å². The Morgan fingerprint density at radius 1 is 1.33 bits per heavy atom. The molecule has 0 radical (unpaired) electrons. The zero-order chi connectivity index (χ0) is 16.9. The van der Waals surface area contributed by atoms with Crippen LogP contribution in [0.5, 0.6) is 5.75 Å². The van der Waals surface area contributed by atoms with E-state index in [4.69, 9.17) is 21.1 Å². The van der Waals surface area contributed by atoms with E-state index in [0.717, 1.165) is 4.88 Å². The number of rotatable bonds is 5. The quantitative estimate of drug-likeness (QED) is 0.829. The molecule has 1 N–H and O–H groups in total. The molecule has 2 aromatic rings. The first kappa shape index (κ1) is 16.5. The molecule has 0 saturated heterocycles. The third-order valence-electron chi connectivity index (χ3n) is 3.32. The summed E-state index contributed by atoms with van der Waals surface area (Å²) in [6.45, 7) is 0.194. The van der Waals surface area contributed by atoms with Gasteiger partial charge in [-0.15, -0.1) is 11.3 Å². The number of fused-ring (bicyclic) bond motifs is 1. The van der Waals surface area contributed by atoms with Crippen LogP contribution in [0.25, 0.3) is 6.08 Å². The van der Waals surface area contributed by atoms with Crippen LogP contribution in [0.3, 0.4) is 0 Å². The first-order valence-electron chi connectivity index (χ1n) is 7.21. The fourth-order valence-corrected chi connectivity index (χ4v) is 2.97. The molecule has 1 aliphatic heterocycles. The molecule has 1 aromatic carbocycles. The summed E-state index contributed by atoms with van der Waals surface area (Å²) in [6, 6.07) is 9.00. The maximum absolute atomic E-state index is 12.0. The van der Waals surface area contributed by atoms with Gasteiger partial charge in [-0.3, -0.25) is 4.79 Å². The predicted octanol–water partition coefficient (Wildman–Crippen LogP) is 3.04. The smallest absolute Gasteiger partial charge is 0.338 e. The molecule has 0 atom stereocenters. The van der Waals surface area contributed by atoms with Crippen molar-refractivity contribution in [1.82, 2.24) is 5.32 Å². The summed E-state index contributed by atoms with van der Waals surface area (Å²) in [6.07, 6.45) is 1.66. The van der Waals surface area contributed by atoms with Crippen molar-refractivity contribution in [3.63, 3.8) is 0 Å². The number of amides is 1. The van der Waals surface area contributed by atoms with Gasteiger partial charge in [0.05, 0.1) is 12.1 Å². The van der Waals surface area contributed by atoms with E-state index in [2.05, 4.69) is 5.32 Å². The van der Waals surface area contributed by atoms with E-state index in [1.54, 1.807) is 35.6 Å². The first-order chi connectivity index (χ1) is 11.6. The Morgan fingerprint density at radius 3 is 3.00 bits per heavy atom. The highest BCUT2D eigenvalue weighted by molar-refractivity contribution is 7.09. The predicted molar refractivity (Wildman–Crippen MR) is 92.0 cm³/mol. The maximum atomic E-state index is 12.0. The fourth-order valence-electron chi connectivity index (χ4n) is 2.14. The zero-order valence-corrected chi connectivity index (χ0v) is 14.2. The molecule has 0 fully saturated rings. The number of carbonyl (C=O) groups is 2. The Morgan fingerprint density at radius 2 is 2.21 bits per heavy atom. The minimum absolute atomic E-state index is 0.101. The summed E-state index contributed by atoms with van der Waals surface area (Å²) in [5.41, 5.74) is 1.05. The molecule has 0 unspecified atom stereocenters. The summed E-state index contributed by atoms with van der Waals surface area (Å²) in [7, 11) is 0. The van der Waals surface area contributed by atoms with Crippen molar-refractivity contribution in [2.45, 2.75) is 6.54 Å². The van der Waals surface area contributed by atoms with Crippen molar-refractivity contribution >= 4 is 40.9 Å². The number of ether oxygens (including phenoxy) is 2. The molecule has 7 heteroatoms. The molecule has 0 aliphatic carbocycles. The third-order valence-corrected chi connectivity index (χ3v) is 4.43. The van der Waals surface area contributed by atoms with E-state index in [0.29, 0.717) is 28.5 Å². The van der Waals surface area contributed by atoms with Gasteiger partial charge in [0.2, 0.25) is 0 Å². The van der Waals surface area contributed by atoms with Gasteiger partial charge in [0.1, 0.15) is 12.4 Å². The molecular weight excluding hydrogens is 350 g/mol. The van der Waals surface area contributed by atoms with Crippen LogP contribution in [-0.2, 0) is 20.9 Å². The van der Waals surface area contributed by atoms with Gasteiger partial charge < -0.3 is 14.8 Å². The van der Waals surface area contributed by atoms with Crippen molar-refractivity contribution in [3.05, 3.63) is 56.7 Å². The van der Waals surface area contributed by atoms with E-state index in [9.17, 15) is 9.59 Å². The average Bonchev–Trinajstić information content (AvgIpc) is 3.10. The lowest BCUT2D eigenvalue weighted by Crippen LogP contribution is -2.29. The van der Waals surface area contributed by atoms with E-state index in [1.165, 1.54) is 0 Å². The van der Waals surface area contributed by atoms with Crippen LogP contribution in [0.2, 0.25) is 5.02 Å². The molecule has 3 rings (SSSR count). The largest absolute Gasteiger partial charge is 0.488 e. The number of halogens is 1. The Labute approximate surface area is 147 Å². The molecule has 1 aromatic heterocycles. The van der Waals surface area contributed by atoms with Gasteiger partial charge in [-0.2, -0.15) is 0 Å². The molecule has 24 heavy (non-hydrogen) atoms. The number of benzene rings is 1.